The lowest BCUT2D eigenvalue weighted by atomic mass is 10.1. The molecule has 0 radical (unpaired) electrons. The van der Waals surface area contributed by atoms with Crippen LogP contribution in [0.3, 0.4) is 0 Å². The zero-order valence-corrected chi connectivity index (χ0v) is 14.8. The van der Waals surface area contributed by atoms with E-state index < -0.39 is 95.2 Å². The third-order valence-corrected chi connectivity index (χ3v) is 5.01. The van der Waals surface area contributed by atoms with Crippen molar-refractivity contribution in [3.05, 3.63) is 65.8 Å². The van der Waals surface area contributed by atoms with Crippen LogP contribution in [0.2, 0.25) is 0 Å². The van der Waals surface area contributed by atoms with Crippen molar-refractivity contribution in [3.63, 3.8) is 0 Å². The molecule has 0 atom stereocenters. The van der Waals surface area contributed by atoms with E-state index >= 15 is 8.78 Å². The molecule has 0 nitrogen and oxygen atoms in total. The number of allylic oxidation sites excluding steroid dienone is 4. The van der Waals surface area contributed by atoms with Crippen LogP contribution in [0.25, 0.3) is 35.0 Å². The van der Waals surface area contributed by atoms with E-state index in [4.69, 9.17) is 0 Å². The van der Waals surface area contributed by atoms with Crippen LogP contribution in [0.1, 0.15) is 13.8 Å². The smallest absolute Gasteiger partial charge is 0.206 e. The van der Waals surface area contributed by atoms with Gasteiger partial charge >= 0.3 is 0 Å². The standard InChI is InChI=1S/C20H6F10/c1-3(2)4-13(21)5-6(14(4)22)8-10(18(26)12(16(8)24)20(29)30)9-7(5)15(23)11(17(9)25)19(27)28/h1-2H3. The van der Waals surface area contributed by atoms with Crippen LogP contribution in [0.15, 0.2) is 34.5 Å². The Balaban J connectivity index is 2.66. The third-order valence-electron chi connectivity index (χ3n) is 5.01. The van der Waals surface area contributed by atoms with Crippen LogP contribution in [0.5, 0.6) is 0 Å². The molecule has 30 heavy (non-hydrogen) atoms. The number of hydrogen-bond acceptors (Lipinski definition) is 0. The lowest BCUT2D eigenvalue weighted by Crippen LogP contribution is -2.64. The van der Waals surface area contributed by atoms with Crippen molar-refractivity contribution in [2.75, 3.05) is 0 Å². The van der Waals surface area contributed by atoms with E-state index in [1.54, 1.807) is 0 Å². The fourth-order valence-corrected chi connectivity index (χ4v) is 3.88. The van der Waals surface area contributed by atoms with Crippen LogP contribution in [-0.2, 0) is 0 Å². The van der Waals surface area contributed by atoms with E-state index in [-0.39, 0.29) is 5.57 Å². The minimum atomic E-state index is -2.91. The summed E-state index contributed by atoms with van der Waals surface area (Å²) in [4.78, 5) is 0. The second kappa shape index (κ2) is 6.23. The highest BCUT2D eigenvalue weighted by atomic mass is 19.3. The Morgan fingerprint density at radius 3 is 0.767 bits per heavy atom. The number of hydrogen-bond donors (Lipinski definition) is 0. The molecule has 1 aromatic carbocycles. The minimum absolute atomic E-state index is 0.0608. The van der Waals surface area contributed by atoms with Crippen LogP contribution >= 0.6 is 0 Å². The molecule has 0 saturated carbocycles. The van der Waals surface area contributed by atoms with E-state index in [1.807, 2.05) is 0 Å². The van der Waals surface area contributed by atoms with Crippen molar-refractivity contribution < 1.29 is 43.9 Å². The Labute approximate surface area is 159 Å². The molecule has 0 unspecified atom stereocenters. The summed E-state index contributed by atoms with van der Waals surface area (Å²) in [6.45, 7) is 2.42. The number of fused-ring (bicyclic) bond motifs is 6. The first-order chi connectivity index (χ1) is 13.9. The van der Waals surface area contributed by atoms with Crippen molar-refractivity contribution >= 4 is 35.0 Å². The summed E-state index contributed by atoms with van der Waals surface area (Å²) in [5.74, 6) is -11.4. The molecule has 0 N–H and O–H groups in total. The lowest BCUT2D eigenvalue weighted by Gasteiger charge is -1.99. The van der Waals surface area contributed by atoms with Crippen molar-refractivity contribution in [1.29, 1.82) is 0 Å². The van der Waals surface area contributed by atoms with E-state index in [2.05, 4.69) is 0 Å². The first-order valence-electron chi connectivity index (χ1n) is 8.14. The van der Waals surface area contributed by atoms with Crippen LogP contribution < -0.4 is 31.3 Å². The molecular formula is C20H6F10. The fourth-order valence-electron chi connectivity index (χ4n) is 3.88. The number of halogens is 10. The maximum Gasteiger partial charge on any atom is 0.283 e. The Bertz CT molecular complexity index is 1240. The second-order valence-corrected chi connectivity index (χ2v) is 6.78. The fraction of sp³-hybridized carbons (Fsp3) is 0.100. The quantitative estimate of drug-likeness (QED) is 0.549. The molecule has 0 bridgehead atoms. The highest BCUT2D eigenvalue weighted by Gasteiger charge is 2.36. The van der Waals surface area contributed by atoms with Gasteiger partial charge in [0.25, 0.3) is 12.2 Å². The Hall–Kier alpha value is -3.04. The molecule has 0 aliphatic heterocycles. The summed E-state index contributed by atoms with van der Waals surface area (Å²) in [5.41, 5.74) is -4.82. The second-order valence-electron chi connectivity index (χ2n) is 6.78. The third kappa shape index (κ3) is 2.19. The number of benzene rings is 1. The maximum atomic E-state index is 15.0. The molecule has 156 valence electrons. The van der Waals surface area contributed by atoms with Crippen molar-refractivity contribution in [1.82, 2.24) is 0 Å². The van der Waals surface area contributed by atoms with Gasteiger partial charge in [0.1, 0.15) is 46.1 Å². The largest absolute Gasteiger partial charge is 0.283 e. The molecule has 0 aromatic heterocycles. The van der Waals surface area contributed by atoms with Crippen molar-refractivity contribution in [2.24, 2.45) is 0 Å². The molecule has 4 rings (SSSR count). The summed E-state index contributed by atoms with van der Waals surface area (Å²) >= 11 is 0. The first-order valence-corrected chi connectivity index (χ1v) is 8.14. The Morgan fingerprint density at radius 1 is 0.400 bits per heavy atom. The highest BCUT2D eigenvalue weighted by Crippen LogP contribution is 2.33. The minimum Gasteiger partial charge on any atom is -0.206 e. The monoisotopic (exact) mass is 436 g/mol. The molecule has 0 heterocycles. The van der Waals surface area contributed by atoms with E-state index in [0.717, 1.165) is 0 Å². The van der Waals surface area contributed by atoms with E-state index in [1.165, 1.54) is 13.8 Å². The highest BCUT2D eigenvalue weighted by molar-refractivity contribution is 5.92. The van der Waals surface area contributed by atoms with E-state index in [0.29, 0.717) is 0 Å². The van der Waals surface area contributed by atoms with Crippen molar-refractivity contribution in [3.8, 4) is 0 Å². The zero-order chi connectivity index (χ0) is 22.4. The molecule has 0 amide bonds. The Morgan fingerprint density at radius 2 is 0.600 bits per heavy atom. The van der Waals surface area contributed by atoms with Gasteiger partial charge in [0, 0.05) is 36.9 Å². The number of rotatable bonds is 0. The predicted molar refractivity (Wildman–Crippen MR) is 88.1 cm³/mol. The molecular weight excluding hydrogens is 430 g/mol. The normalized spacial score (nSPS) is 17.4. The molecule has 0 saturated heterocycles. The van der Waals surface area contributed by atoms with Gasteiger partial charge in [-0.2, -0.15) is 17.6 Å². The SMILES string of the molecule is CC(C)=C1C(F)=c2c(c3c(c4c2=C(F)C(=C(F)F)C=4F)=C(F)C(=C(F)F)C=3F)=C1F. The van der Waals surface area contributed by atoms with Crippen LogP contribution in [-0.4, -0.2) is 0 Å². The summed E-state index contributed by atoms with van der Waals surface area (Å²) in [7, 11) is 0. The van der Waals surface area contributed by atoms with Gasteiger partial charge in [-0.25, -0.2) is 26.3 Å². The van der Waals surface area contributed by atoms with Gasteiger partial charge in [-0.3, -0.25) is 0 Å². The average molecular weight is 436 g/mol. The van der Waals surface area contributed by atoms with Gasteiger partial charge in [-0.1, -0.05) is 5.57 Å². The summed E-state index contributed by atoms with van der Waals surface area (Å²) in [6, 6.07) is 0. The summed E-state index contributed by atoms with van der Waals surface area (Å²) in [5, 5.41) is -7.65. The zero-order valence-electron chi connectivity index (χ0n) is 14.8. The molecule has 10 heteroatoms. The van der Waals surface area contributed by atoms with Crippen LogP contribution in [0.4, 0.5) is 43.9 Å². The van der Waals surface area contributed by atoms with Crippen molar-refractivity contribution in [2.45, 2.75) is 13.8 Å². The van der Waals surface area contributed by atoms with Gasteiger partial charge in [0.2, 0.25) is 0 Å². The Kier molecular flexibility index (Phi) is 4.20. The van der Waals surface area contributed by atoms with Gasteiger partial charge in [0.15, 0.2) is 0 Å². The molecule has 3 aliphatic carbocycles. The molecule has 0 spiro atoms. The molecule has 0 fully saturated rings. The lowest BCUT2D eigenvalue weighted by molar-refractivity contribution is 0.413. The van der Waals surface area contributed by atoms with Gasteiger partial charge in [0.05, 0.1) is 0 Å². The average Bonchev–Trinajstić information content (AvgIpc) is 3.14. The molecule has 1 aromatic rings. The van der Waals surface area contributed by atoms with Gasteiger partial charge in [-0.05, 0) is 13.8 Å². The van der Waals surface area contributed by atoms with Crippen LogP contribution in [0, 0.1) is 0 Å². The van der Waals surface area contributed by atoms with Gasteiger partial charge in [-0.15, -0.1) is 0 Å². The molecule has 3 aliphatic rings. The summed E-state index contributed by atoms with van der Waals surface area (Å²) in [6.07, 6.45) is -5.83. The predicted octanol–water partition coefficient (Wildman–Crippen LogP) is 2.83. The van der Waals surface area contributed by atoms with Gasteiger partial charge < -0.3 is 0 Å². The topological polar surface area (TPSA) is 0 Å². The first kappa shape index (κ1) is 20.2. The maximum absolute atomic E-state index is 15.0. The van der Waals surface area contributed by atoms with E-state index in [9.17, 15) is 35.1 Å². The summed E-state index contributed by atoms with van der Waals surface area (Å²) < 4.78 is 141.